The molecule has 1 atom stereocenters. The van der Waals surface area contributed by atoms with Crippen LogP contribution in [0.3, 0.4) is 0 Å². The highest BCUT2D eigenvalue weighted by Gasteiger charge is 2.27. The molecule has 28 heavy (non-hydrogen) atoms. The van der Waals surface area contributed by atoms with Crippen LogP contribution < -0.4 is 10.4 Å². The molecule has 5 heteroatoms. The Bertz CT molecular complexity index is 1040. The number of rotatable bonds is 5. The zero-order valence-corrected chi connectivity index (χ0v) is 16.3. The van der Waals surface area contributed by atoms with Crippen LogP contribution in [0.2, 0.25) is 0 Å². The van der Waals surface area contributed by atoms with Crippen molar-refractivity contribution in [3.63, 3.8) is 0 Å². The molecule has 4 rings (SSSR count). The Labute approximate surface area is 164 Å². The fraction of sp³-hybridized carbons (Fsp3) is 0.348. The van der Waals surface area contributed by atoms with E-state index in [0.717, 1.165) is 36.1 Å². The Hall–Kier alpha value is -2.79. The summed E-state index contributed by atoms with van der Waals surface area (Å²) in [7, 11) is 0. The molecule has 1 fully saturated rings. The summed E-state index contributed by atoms with van der Waals surface area (Å²) in [5, 5.41) is 10.8. The molecule has 0 saturated carbocycles. The van der Waals surface area contributed by atoms with Gasteiger partial charge in [-0.15, -0.1) is 0 Å². The van der Waals surface area contributed by atoms with Gasteiger partial charge in [-0.3, -0.25) is 4.90 Å². The lowest BCUT2D eigenvalue weighted by Gasteiger charge is -2.25. The number of nitrogens with zero attached hydrogens (tertiary/aromatic N) is 1. The van der Waals surface area contributed by atoms with Crippen LogP contribution in [-0.2, 0) is 6.54 Å². The fourth-order valence-electron chi connectivity index (χ4n) is 4.11. The predicted molar refractivity (Wildman–Crippen MR) is 109 cm³/mol. The van der Waals surface area contributed by atoms with Gasteiger partial charge in [0.1, 0.15) is 17.1 Å². The van der Waals surface area contributed by atoms with Gasteiger partial charge in [0.05, 0.1) is 6.61 Å². The van der Waals surface area contributed by atoms with E-state index in [1.54, 1.807) is 19.1 Å². The summed E-state index contributed by atoms with van der Waals surface area (Å²) < 4.78 is 10.9. The molecule has 1 aromatic heterocycles. The number of aryl methyl sites for hydroxylation is 1. The number of likely N-dealkylation sites (tertiary alicyclic amines) is 1. The molecule has 2 heterocycles. The monoisotopic (exact) mass is 379 g/mol. The first-order chi connectivity index (χ1) is 13.6. The van der Waals surface area contributed by atoms with E-state index in [0.29, 0.717) is 30.3 Å². The number of aromatic hydroxyl groups is 1. The first-order valence-corrected chi connectivity index (χ1v) is 9.79. The van der Waals surface area contributed by atoms with Gasteiger partial charge in [-0.1, -0.05) is 12.1 Å². The third-order valence-corrected chi connectivity index (χ3v) is 5.53. The summed E-state index contributed by atoms with van der Waals surface area (Å²) in [5.74, 6) is 1.03. The van der Waals surface area contributed by atoms with E-state index in [-0.39, 0.29) is 11.4 Å². The van der Waals surface area contributed by atoms with E-state index in [2.05, 4.69) is 17.0 Å². The minimum absolute atomic E-state index is 0.140. The van der Waals surface area contributed by atoms with Gasteiger partial charge in [-0.25, -0.2) is 4.79 Å². The zero-order chi connectivity index (χ0) is 19.7. The summed E-state index contributed by atoms with van der Waals surface area (Å²) in [6.07, 6.45) is 2.21. The maximum atomic E-state index is 12.1. The number of fused-ring (bicyclic) bond motifs is 1. The van der Waals surface area contributed by atoms with Crippen molar-refractivity contribution in [1.29, 1.82) is 0 Å². The van der Waals surface area contributed by atoms with Crippen molar-refractivity contribution in [2.45, 2.75) is 39.3 Å². The van der Waals surface area contributed by atoms with E-state index in [9.17, 15) is 9.90 Å². The molecule has 3 aromatic rings. The molecule has 0 unspecified atom stereocenters. The number of hydrogen-bond acceptors (Lipinski definition) is 5. The highest BCUT2D eigenvalue weighted by molar-refractivity contribution is 5.84. The third-order valence-electron chi connectivity index (χ3n) is 5.53. The molecule has 0 amide bonds. The van der Waals surface area contributed by atoms with Gasteiger partial charge in [0, 0.05) is 29.6 Å². The van der Waals surface area contributed by atoms with Gasteiger partial charge >= 0.3 is 5.63 Å². The van der Waals surface area contributed by atoms with Crippen LogP contribution in [0.5, 0.6) is 11.5 Å². The number of benzene rings is 2. The van der Waals surface area contributed by atoms with Crippen molar-refractivity contribution in [1.82, 2.24) is 4.90 Å². The largest absolute Gasteiger partial charge is 0.508 e. The number of hydrogen-bond donors (Lipinski definition) is 1. The lowest BCUT2D eigenvalue weighted by molar-refractivity contribution is 0.248. The van der Waals surface area contributed by atoms with Crippen molar-refractivity contribution in [3.05, 3.63) is 69.6 Å². The topological polar surface area (TPSA) is 62.9 Å². The molecule has 5 nitrogen and oxygen atoms in total. The molecule has 0 radical (unpaired) electrons. The molecule has 1 N–H and O–H groups in total. The van der Waals surface area contributed by atoms with Crippen molar-refractivity contribution in [2.75, 3.05) is 13.2 Å². The summed E-state index contributed by atoms with van der Waals surface area (Å²) in [4.78, 5) is 14.5. The minimum atomic E-state index is -0.381. The van der Waals surface area contributed by atoms with Crippen LogP contribution in [0.4, 0.5) is 0 Å². The van der Waals surface area contributed by atoms with Gasteiger partial charge < -0.3 is 14.3 Å². The molecule has 1 aliphatic rings. The maximum Gasteiger partial charge on any atom is 0.336 e. The number of phenols is 1. The normalized spacial score (nSPS) is 17.3. The van der Waals surface area contributed by atoms with Gasteiger partial charge in [0.25, 0.3) is 0 Å². The van der Waals surface area contributed by atoms with Crippen molar-refractivity contribution < 1.29 is 14.3 Å². The van der Waals surface area contributed by atoms with Crippen LogP contribution in [-0.4, -0.2) is 23.2 Å². The molecular weight excluding hydrogens is 354 g/mol. The van der Waals surface area contributed by atoms with Crippen molar-refractivity contribution in [2.24, 2.45) is 0 Å². The third kappa shape index (κ3) is 3.50. The second kappa shape index (κ2) is 7.68. The van der Waals surface area contributed by atoms with Crippen LogP contribution in [0.1, 0.15) is 42.5 Å². The van der Waals surface area contributed by atoms with Gasteiger partial charge in [0.2, 0.25) is 0 Å². The molecular formula is C23H25NO4. The fourth-order valence-corrected chi connectivity index (χ4v) is 4.11. The quantitative estimate of drug-likeness (QED) is 0.659. The highest BCUT2D eigenvalue weighted by atomic mass is 16.5. The van der Waals surface area contributed by atoms with E-state index < -0.39 is 0 Å². The standard InChI is InChI=1S/C23H25NO4/c1-3-27-18-8-6-16(7-9-18)20-5-4-12-24(20)14-17-13-22(26)28-23-15(2)21(25)11-10-19(17)23/h6-11,13,20,25H,3-5,12,14H2,1-2H3/t20-/m1/s1. The Kier molecular flexibility index (Phi) is 5.09. The molecule has 1 aliphatic heterocycles. The molecule has 0 bridgehead atoms. The Morgan fingerprint density at radius 1 is 1.21 bits per heavy atom. The van der Waals surface area contributed by atoms with Crippen LogP contribution in [0.15, 0.2) is 51.7 Å². The molecule has 2 aromatic carbocycles. The second-order valence-electron chi connectivity index (χ2n) is 7.31. The van der Waals surface area contributed by atoms with Crippen LogP contribution >= 0.6 is 0 Å². The SMILES string of the molecule is CCOc1ccc([C@H]2CCCN2Cc2cc(=O)oc3c(C)c(O)ccc23)cc1. The van der Waals surface area contributed by atoms with Gasteiger partial charge in [-0.2, -0.15) is 0 Å². The lowest BCUT2D eigenvalue weighted by Crippen LogP contribution is -2.23. The Morgan fingerprint density at radius 2 is 2.00 bits per heavy atom. The summed E-state index contributed by atoms with van der Waals surface area (Å²) >= 11 is 0. The Balaban J connectivity index is 1.65. The van der Waals surface area contributed by atoms with E-state index >= 15 is 0 Å². The van der Waals surface area contributed by atoms with Crippen LogP contribution in [0.25, 0.3) is 11.0 Å². The average Bonchev–Trinajstić information content (AvgIpc) is 3.14. The van der Waals surface area contributed by atoms with E-state index in [1.807, 2.05) is 25.1 Å². The number of phenolic OH excluding ortho intramolecular Hbond substituents is 1. The molecule has 1 saturated heterocycles. The summed E-state index contributed by atoms with van der Waals surface area (Å²) in [5.41, 5.74) is 2.89. The smallest absolute Gasteiger partial charge is 0.336 e. The highest BCUT2D eigenvalue weighted by Crippen LogP contribution is 2.35. The predicted octanol–water partition coefficient (Wildman–Crippen LogP) is 4.54. The minimum Gasteiger partial charge on any atom is -0.508 e. The maximum absolute atomic E-state index is 12.1. The van der Waals surface area contributed by atoms with Crippen molar-refractivity contribution in [3.8, 4) is 11.5 Å². The molecule has 0 aliphatic carbocycles. The molecule has 0 spiro atoms. The van der Waals surface area contributed by atoms with Gasteiger partial charge in [-0.05, 0) is 68.6 Å². The van der Waals surface area contributed by atoms with Gasteiger partial charge in [0.15, 0.2) is 0 Å². The first kappa shape index (κ1) is 18.6. The second-order valence-corrected chi connectivity index (χ2v) is 7.31. The Morgan fingerprint density at radius 3 is 2.75 bits per heavy atom. The van der Waals surface area contributed by atoms with Crippen LogP contribution in [0, 0.1) is 6.92 Å². The van der Waals surface area contributed by atoms with E-state index in [1.165, 1.54) is 5.56 Å². The zero-order valence-electron chi connectivity index (χ0n) is 16.3. The van der Waals surface area contributed by atoms with E-state index in [4.69, 9.17) is 9.15 Å². The number of ether oxygens (including phenoxy) is 1. The lowest BCUT2D eigenvalue weighted by atomic mass is 10.0. The average molecular weight is 379 g/mol. The first-order valence-electron chi connectivity index (χ1n) is 9.79. The summed E-state index contributed by atoms with van der Waals surface area (Å²) in [6.45, 7) is 6.06. The van der Waals surface area contributed by atoms with Crippen molar-refractivity contribution >= 4 is 11.0 Å². The molecule has 146 valence electrons. The summed E-state index contributed by atoms with van der Waals surface area (Å²) in [6, 6.07) is 13.7.